The van der Waals surface area contributed by atoms with Crippen LogP contribution in [0.2, 0.25) is 23.2 Å². The molecule has 204 valence electrons. The van der Waals surface area contributed by atoms with E-state index in [1.807, 2.05) is 37.8 Å². The van der Waals surface area contributed by atoms with Gasteiger partial charge in [0, 0.05) is 42.4 Å². The van der Waals surface area contributed by atoms with E-state index in [-0.39, 0.29) is 11.0 Å². The molecule has 0 saturated heterocycles. The summed E-state index contributed by atoms with van der Waals surface area (Å²) in [6.07, 6.45) is 2.31. The zero-order valence-electron chi connectivity index (χ0n) is 23.9. The summed E-state index contributed by atoms with van der Waals surface area (Å²) < 4.78 is 13.8. The summed E-state index contributed by atoms with van der Waals surface area (Å²) in [5, 5.41) is 9.75. The fraction of sp³-hybridized carbons (Fsp3) is 0.571. The summed E-state index contributed by atoms with van der Waals surface area (Å²) >= 11 is 6.86. The number of esters is 1. The summed E-state index contributed by atoms with van der Waals surface area (Å²) in [4.78, 5) is 16.5. The van der Waals surface area contributed by atoms with Gasteiger partial charge in [-0.2, -0.15) is 5.10 Å². The van der Waals surface area contributed by atoms with Crippen LogP contribution in [0.5, 0.6) is 0 Å². The second-order valence-electron chi connectivity index (χ2n) is 11.0. The topological polar surface area (TPSA) is 81.2 Å². The van der Waals surface area contributed by atoms with Crippen LogP contribution in [0.3, 0.4) is 0 Å². The number of aryl methyl sites for hydroxylation is 2. The van der Waals surface area contributed by atoms with Gasteiger partial charge in [0.25, 0.3) is 0 Å². The molecule has 0 radical (unpaired) electrons. The molecule has 0 aliphatic heterocycles. The number of carbonyl (C=O) groups excluding carboxylic acids is 1. The van der Waals surface area contributed by atoms with Gasteiger partial charge in [-0.3, -0.25) is 4.68 Å². The van der Waals surface area contributed by atoms with E-state index in [0.29, 0.717) is 36.9 Å². The Labute approximate surface area is 227 Å². The Morgan fingerprint density at radius 1 is 1.22 bits per heavy atom. The first-order valence-electron chi connectivity index (χ1n) is 13.2. The highest BCUT2D eigenvalue weighted by Gasteiger charge is 2.37. The monoisotopic (exact) mass is 546 g/mol. The van der Waals surface area contributed by atoms with E-state index in [1.165, 1.54) is 0 Å². The maximum atomic E-state index is 13.1. The van der Waals surface area contributed by atoms with Crippen molar-refractivity contribution in [3.8, 4) is 11.1 Å². The average molecular weight is 547 g/mol. The van der Waals surface area contributed by atoms with Gasteiger partial charge in [-0.25, -0.2) is 4.79 Å². The molecule has 0 saturated carbocycles. The van der Waals surface area contributed by atoms with Gasteiger partial charge in [0.2, 0.25) is 0 Å². The van der Waals surface area contributed by atoms with E-state index in [9.17, 15) is 4.79 Å². The van der Waals surface area contributed by atoms with Gasteiger partial charge in [0.15, 0.2) is 8.32 Å². The lowest BCUT2D eigenvalue weighted by Crippen LogP contribution is -2.41. The lowest BCUT2D eigenvalue weighted by atomic mass is 9.97. The molecule has 0 bridgehead atoms. The van der Waals surface area contributed by atoms with Gasteiger partial charge in [-0.15, -0.1) is 0 Å². The number of H-pyrrole nitrogens is 1. The minimum atomic E-state index is -1.84. The molecule has 0 fully saturated rings. The van der Waals surface area contributed by atoms with Crippen LogP contribution in [-0.2, 0) is 35.6 Å². The molecule has 3 rings (SSSR count). The van der Waals surface area contributed by atoms with Crippen molar-refractivity contribution in [1.82, 2.24) is 20.1 Å². The SMILES string of the molecule is CCOC(=O)c1[nH]c2c(-c3c(CNC)nn(C)c3CC)c(Cl)ccc2c1CCCO[Si](C)(C)C(C)(C)C. The van der Waals surface area contributed by atoms with Crippen LogP contribution in [0.15, 0.2) is 12.1 Å². The van der Waals surface area contributed by atoms with Gasteiger partial charge in [0.1, 0.15) is 5.69 Å². The van der Waals surface area contributed by atoms with Crippen molar-refractivity contribution in [2.45, 2.75) is 78.6 Å². The highest BCUT2D eigenvalue weighted by molar-refractivity contribution is 6.74. The number of aromatic nitrogens is 3. The molecule has 0 aliphatic rings. The fourth-order valence-corrected chi connectivity index (χ4v) is 5.91. The third kappa shape index (κ3) is 5.98. The van der Waals surface area contributed by atoms with Crippen molar-refractivity contribution in [2.75, 3.05) is 20.3 Å². The Hall–Kier alpha value is -2.13. The number of hydrogen-bond donors (Lipinski definition) is 2. The molecule has 7 nitrogen and oxygen atoms in total. The number of halogens is 1. The molecule has 2 aromatic heterocycles. The first kappa shape index (κ1) is 29.4. The number of nitrogens with one attached hydrogen (secondary N) is 2. The Morgan fingerprint density at radius 2 is 1.92 bits per heavy atom. The van der Waals surface area contributed by atoms with Crippen LogP contribution in [0, 0.1) is 0 Å². The maximum Gasteiger partial charge on any atom is 0.355 e. The second-order valence-corrected chi connectivity index (χ2v) is 16.2. The van der Waals surface area contributed by atoms with Gasteiger partial charge >= 0.3 is 5.97 Å². The summed E-state index contributed by atoms with van der Waals surface area (Å²) in [6, 6.07) is 3.93. The summed E-state index contributed by atoms with van der Waals surface area (Å²) in [5.74, 6) is -0.349. The Morgan fingerprint density at radius 3 is 2.51 bits per heavy atom. The van der Waals surface area contributed by atoms with Crippen LogP contribution in [0.25, 0.3) is 22.0 Å². The van der Waals surface area contributed by atoms with Crippen molar-refractivity contribution in [3.05, 3.63) is 39.8 Å². The minimum absolute atomic E-state index is 0.154. The maximum absolute atomic E-state index is 13.1. The number of ether oxygens (including phenoxy) is 1. The highest BCUT2D eigenvalue weighted by Crippen LogP contribution is 2.41. The van der Waals surface area contributed by atoms with Gasteiger partial charge in [0.05, 0.1) is 22.8 Å². The predicted molar refractivity (Wildman–Crippen MR) is 155 cm³/mol. The number of nitrogens with zero attached hydrogens (tertiary/aromatic N) is 2. The third-order valence-electron chi connectivity index (χ3n) is 7.52. The first-order chi connectivity index (χ1) is 17.4. The molecule has 2 N–H and O–H groups in total. The standard InChI is InChI=1S/C28H43ClN4O3Si/c1-10-22-24(21(17-30-6)32-33(22)7)23-20(29)15-14-19-18(26(31-25(19)23)27(34)35-11-2)13-12-16-36-37(8,9)28(3,4)5/h14-15,30-31H,10-13,16-17H2,1-9H3. The predicted octanol–water partition coefficient (Wildman–Crippen LogP) is 6.63. The van der Waals surface area contributed by atoms with E-state index in [1.54, 1.807) is 0 Å². The van der Waals surface area contributed by atoms with Crippen LogP contribution in [-0.4, -0.2) is 49.3 Å². The molecule has 0 amide bonds. The summed E-state index contributed by atoms with van der Waals surface area (Å²) in [6.45, 7) is 16.8. The number of aromatic amines is 1. The van der Waals surface area contributed by atoms with Gasteiger partial charge in [-0.05, 0) is 63.0 Å². The van der Waals surface area contributed by atoms with Crippen molar-refractivity contribution < 1.29 is 14.0 Å². The van der Waals surface area contributed by atoms with Crippen LogP contribution in [0.4, 0.5) is 0 Å². The Bertz CT molecular complexity index is 1260. The fourth-order valence-electron chi connectivity index (χ4n) is 4.57. The lowest BCUT2D eigenvalue weighted by molar-refractivity contribution is 0.0519. The van der Waals surface area contributed by atoms with E-state index >= 15 is 0 Å². The molecule has 0 spiro atoms. The molecule has 37 heavy (non-hydrogen) atoms. The van der Waals surface area contributed by atoms with E-state index in [4.69, 9.17) is 25.9 Å². The molecular formula is C28H43ClN4O3Si. The number of hydrogen-bond acceptors (Lipinski definition) is 5. The summed E-state index contributed by atoms with van der Waals surface area (Å²) in [5.41, 5.74) is 6.19. The molecule has 1 aromatic carbocycles. The second kappa shape index (κ2) is 11.7. The molecule has 2 heterocycles. The zero-order valence-corrected chi connectivity index (χ0v) is 25.7. The number of rotatable bonds is 11. The van der Waals surface area contributed by atoms with Gasteiger partial charge in [-0.1, -0.05) is 45.4 Å². The average Bonchev–Trinajstić information content (AvgIpc) is 3.33. The van der Waals surface area contributed by atoms with Crippen molar-refractivity contribution in [2.24, 2.45) is 7.05 Å². The molecule has 9 heteroatoms. The van der Waals surface area contributed by atoms with E-state index in [0.717, 1.165) is 51.8 Å². The molecule has 0 aliphatic carbocycles. The molecule has 0 atom stereocenters. The molecular weight excluding hydrogens is 504 g/mol. The van der Waals surface area contributed by atoms with E-state index in [2.05, 4.69) is 51.1 Å². The number of benzene rings is 1. The lowest BCUT2D eigenvalue weighted by Gasteiger charge is -2.36. The Balaban J connectivity index is 2.11. The quantitative estimate of drug-likeness (QED) is 0.160. The number of carbonyl (C=O) groups is 1. The largest absolute Gasteiger partial charge is 0.461 e. The Kier molecular flexibility index (Phi) is 9.32. The van der Waals surface area contributed by atoms with Crippen molar-refractivity contribution in [3.63, 3.8) is 0 Å². The van der Waals surface area contributed by atoms with Crippen LogP contribution in [0.1, 0.15) is 68.5 Å². The van der Waals surface area contributed by atoms with Crippen molar-refractivity contribution in [1.29, 1.82) is 0 Å². The summed E-state index contributed by atoms with van der Waals surface area (Å²) in [7, 11) is 2.02. The highest BCUT2D eigenvalue weighted by atomic mass is 35.5. The minimum Gasteiger partial charge on any atom is -0.461 e. The van der Waals surface area contributed by atoms with Crippen LogP contribution < -0.4 is 5.32 Å². The van der Waals surface area contributed by atoms with E-state index < -0.39 is 8.32 Å². The smallest absolute Gasteiger partial charge is 0.355 e. The number of fused-ring (bicyclic) bond motifs is 1. The van der Waals surface area contributed by atoms with Crippen LogP contribution >= 0.6 is 11.6 Å². The third-order valence-corrected chi connectivity index (χ3v) is 12.4. The molecule has 3 aromatic rings. The normalized spacial score (nSPS) is 12.5. The zero-order chi connectivity index (χ0) is 27.5. The molecule has 0 unspecified atom stereocenters. The first-order valence-corrected chi connectivity index (χ1v) is 16.5. The van der Waals surface area contributed by atoms with Gasteiger partial charge < -0.3 is 19.5 Å². The van der Waals surface area contributed by atoms with Crippen molar-refractivity contribution >= 4 is 36.8 Å².